The Morgan fingerprint density at radius 2 is 1.75 bits per heavy atom. The average molecular weight is 548 g/mol. The van der Waals surface area contributed by atoms with Crippen LogP contribution in [0, 0.1) is 23.7 Å². The number of Topliss-reactive ketones (excluding diaryl/α,β-unsaturated/α-hetero) is 4. The Kier molecular flexibility index (Phi) is 6.87. The fraction of sp³-hybridized carbons (Fsp3) is 0.433. The summed E-state index contributed by atoms with van der Waals surface area (Å²) >= 11 is 0. The number of aromatic hydroxyl groups is 1. The summed E-state index contributed by atoms with van der Waals surface area (Å²) in [6.45, 7) is 2.90. The molecule has 5 N–H and O–H groups in total. The monoisotopic (exact) mass is 547 g/mol. The van der Waals surface area contributed by atoms with Crippen LogP contribution >= 0.6 is 0 Å². The van der Waals surface area contributed by atoms with Gasteiger partial charge in [-0.2, -0.15) is 0 Å². The van der Waals surface area contributed by atoms with Gasteiger partial charge in [0.05, 0.1) is 17.5 Å². The molecular weight excluding hydrogens is 514 g/mol. The molecule has 2 fully saturated rings. The maximum absolute atomic E-state index is 13.9. The third-order valence-electron chi connectivity index (χ3n) is 8.72. The van der Waals surface area contributed by atoms with Crippen LogP contribution in [-0.2, 0) is 25.6 Å². The standard InChI is InChI=1S/C30H33N3O7/c1-4-11-32-16-7-5-14(6-8-16)17-9-10-20(34)22-18(17)12-15-13-19-24(33(2)3)26(36)23(29(31)39)28(38)30(19,40)27(37)21(15)25(22)35/h5-10,15,19,21,23-24,32,34,40H,4,11-13H2,1-3H3,(H2,31,39)/t15-,19-,21?,23?,24-,30-/m1/s1. The molecule has 6 atom stereocenters. The number of fused-ring (bicyclic) bond motifs is 3. The van der Waals surface area contributed by atoms with Gasteiger partial charge in [0, 0.05) is 18.2 Å². The fourth-order valence-corrected chi connectivity index (χ4v) is 6.91. The van der Waals surface area contributed by atoms with Crippen LogP contribution in [0.15, 0.2) is 36.4 Å². The first kappa shape index (κ1) is 27.7. The minimum absolute atomic E-state index is 0.0128. The van der Waals surface area contributed by atoms with Gasteiger partial charge in [-0.1, -0.05) is 25.1 Å². The molecule has 1 amide bonds. The zero-order valence-electron chi connectivity index (χ0n) is 22.6. The van der Waals surface area contributed by atoms with Crippen molar-refractivity contribution >= 4 is 34.7 Å². The number of hydrogen-bond donors (Lipinski definition) is 4. The molecule has 5 rings (SSSR count). The topological polar surface area (TPSA) is 167 Å². The van der Waals surface area contributed by atoms with Gasteiger partial charge in [-0.3, -0.25) is 28.9 Å². The van der Waals surface area contributed by atoms with E-state index in [2.05, 4.69) is 12.2 Å². The van der Waals surface area contributed by atoms with Gasteiger partial charge in [-0.15, -0.1) is 0 Å². The molecule has 2 unspecified atom stereocenters. The molecule has 0 aliphatic heterocycles. The highest BCUT2D eigenvalue weighted by atomic mass is 16.3. The van der Waals surface area contributed by atoms with Gasteiger partial charge in [-0.25, -0.2) is 0 Å². The second-order valence-electron chi connectivity index (χ2n) is 11.3. The van der Waals surface area contributed by atoms with E-state index >= 15 is 0 Å². The number of phenols is 1. The van der Waals surface area contributed by atoms with Gasteiger partial charge in [0.15, 0.2) is 34.7 Å². The first-order valence-corrected chi connectivity index (χ1v) is 13.5. The van der Waals surface area contributed by atoms with E-state index in [0.29, 0.717) is 5.56 Å². The van der Waals surface area contributed by atoms with Crippen molar-refractivity contribution < 1.29 is 34.2 Å². The molecule has 0 bridgehead atoms. The number of nitrogens with zero attached hydrogens (tertiary/aromatic N) is 1. The first-order valence-electron chi connectivity index (χ1n) is 13.5. The lowest BCUT2D eigenvalue weighted by molar-refractivity contribution is -0.181. The van der Waals surface area contributed by atoms with Crippen LogP contribution in [0.5, 0.6) is 5.75 Å². The predicted molar refractivity (Wildman–Crippen MR) is 146 cm³/mol. The third kappa shape index (κ3) is 3.97. The highest BCUT2D eigenvalue weighted by Crippen LogP contribution is 2.51. The molecule has 0 saturated heterocycles. The summed E-state index contributed by atoms with van der Waals surface area (Å²) in [6.07, 6.45) is 1.20. The molecule has 3 aliphatic rings. The van der Waals surface area contributed by atoms with E-state index in [1.165, 1.54) is 11.0 Å². The smallest absolute Gasteiger partial charge is 0.235 e. The second kappa shape index (κ2) is 9.94. The van der Waals surface area contributed by atoms with Crippen molar-refractivity contribution in [1.29, 1.82) is 0 Å². The average Bonchev–Trinajstić information content (AvgIpc) is 2.89. The van der Waals surface area contributed by atoms with Crippen molar-refractivity contribution in [3.05, 3.63) is 47.5 Å². The van der Waals surface area contributed by atoms with Crippen LogP contribution < -0.4 is 11.1 Å². The van der Waals surface area contributed by atoms with Crippen molar-refractivity contribution in [2.24, 2.45) is 29.4 Å². The highest BCUT2D eigenvalue weighted by molar-refractivity contribution is 6.32. The van der Waals surface area contributed by atoms with E-state index in [9.17, 15) is 34.2 Å². The lowest BCUT2D eigenvalue weighted by Crippen LogP contribution is -2.74. The molecule has 0 aromatic heterocycles. The van der Waals surface area contributed by atoms with Crippen LogP contribution in [0.3, 0.4) is 0 Å². The van der Waals surface area contributed by atoms with Crippen LogP contribution in [0.4, 0.5) is 5.69 Å². The summed E-state index contributed by atoms with van der Waals surface area (Å²) in [5.74, 6) is -10.5. The summed E-state index contributed by atoms with van der Waals surface area (Å²) in [6, 6.07) is 9.68. The molecule has 40 heavy (non-hydrogen) atoms. The normalized spacial score (nSPS) is 29.6. The van der Waals surface area contributed by atoms with Gasteiger partial charge in [-0.05, 0) is 74.2 Å². The largest absolute Gasteiger partial charge is 0.507 e. The zero-order chi connectivity index (χ0) is 29.1. The molecule has 210 valence electrons. The van der Waals surface area contributed by atoms with Gasteiger partial charge in [0.1, 0.15) is 5.75 Å². The number of nitrogens with one attached hydrogen (secondary N) is 1. The van der Waals surface area contributed by atoms with Crippen LogP contribution in [0.25, 0.3) is 11.1 Å². The summed E-state index contributed by atoms with van der Waals surface area (Å²) in [4.78, 5) is 68.0. The Hall–Kier alpha value is -3.89. The number of amides is 1. The number of anilines is 1. The van der Waals surface area contributed by atoms with Crippen molar-refractivity contribution in [3.8, 4) is 16.9 Å². The molecule has 0 heterocycles. The molecule has 2 aromatic rings. The zero-order valence-corrected chi connectivity index (χ0v) is 22.6. The Bertz CT molecular complexity index is 1430. The number of primary amides is 1. The van der Waals surface area contributed by atoms with Gasteiger partial charge in [0.2, 0.25) is 5.91 Å². The number of aliphatic hydroxyl groups is 1. The van der Waals surface area contributed by atoms with E-state index in [1.54, 1.807) is 20.2 Å². The highest BCUT2D eigenvalue weighted by Gasteiger charge is 2.69. The van der Waals surface area contributed by atoms with Crippen molar-refractivity contribution in [1.82, 2.24) is 4.90 Å². The SMILES string of the molecule is CCCNc1ccc(-c2ccc(O)c3c2C[C@@H]2C[C@@H]4[C@@H](N(C)C)C(=O)C(C(N)=O)C(=O)[C@]4(O)C(=O)C2C3=O)cc1. The molecule has 10 heteroatoms. The second-order valence-corrected chi connectivity index (χ2v) is 11.3. The summed E-state index contributed by atoms with van der Waals surface area (Å²) in [5.41, 5.74) is 5.68. The quantitative estimate of drug-likeness (QED) is 0.390. The number of carbonyl (C=O) groups is 5. The molecule has 0 radical (unpaired) electrons. The number of ketones is 4. The summed E-state index contributed by atoms with van der Waals surface area (Å²) in [5, 5.41) is 25.7. The van der Waals surface area contributed by atoms with Gasteiger partial charge < -0.3 is 21.3 Å². The van der Waals surface area contributed by atoms with Gasteiger partial charge in [0.25, 0.3) is 0 Å². The predicted octanol–water partition coefficient (Wildman–Crippen LogP) is 1.36. The lowest BCUT2D eigenvalue weighted by atomic mass is 9.52. The van der Waals surface area contributed by atoms with Crippen LogP contribution in [0.1, 0.15) is 35.7 Å². The van der Waals surface area contributed by atoms with E-state index in [1.807, 2.05) is 24.3 Å². The van der Waals surface area contributed by atoms with E-state index in [0.717, 1.165) is 29.8 Å². The Labute approximate surface area is 231 Å². The number of nitrogens with two attached hydrogens (primary N) is 1. The maximum atomic E-state index is 13.9. The number of rotatable bonds is 6. The number of benzene rings is 2. The van der Waals surface area contributed by atoms with Crippen molar-refractivity contribution in [3.63, 3.8) is 0 Å². The molecule has 10 nitrogen and oxygen atoms in total. The minimum atomic E-state index is -2.73. The Balaban J connectivity index is 1.59. The molecule has 2 saturated carbocycles. The molecule has 2 aromatic carbocycles. The number of phenolic OH excluding ortho intramolecular Hbond substituents is 1. The molecule has 3 aliphatic carbocycles. The Morgan fingerprint density at radius 1 is 1.07 bits per heavy atom. The third-order valence-corrected chi connectivity index (χ3v) is 8.72. The molecular formula is C30H33N3O7. The fourth-order valence-electron chi connectivity index (χ4n) is 6.91. The summed E-state index contributed by atoms with van der Waals surface area (Å²) in [7, 11) is 3.12. The first-order chi connectivity index (χ1) is 18.9. The van der Waals surface area contributed by atoms with Crippen molar-refractivity contribution in [2.45, 2.75) is 37.8 Å². The van der Waals surface area contributed by atoms with E-state index < -0.39 is 64.4 Å². The van der Waals surface area contributed by atoms with E-state index in [-0.39, 0.29) is 24.2 Å². The number of hydrogen-bond acceptors (Lipinski definition) is 9. The summed E-state index contributed by atoms with van der Waals surface area (Å²) < 4.78 is 0. The van der Waals surface area contributed by atoms with Gasteiger partial charge >= 0.3 is 0 Å². The minimum Gasteiger partial charge on any atom is -0.507 e. The maximum Gasteiger partial charge on any atom is 0.235 e. The number of carbonyl (C=O) groups excluding carboxylic acids is 5. The van der Waals surface area contributed by atoms with E-state index in [4.69, 9.17) is 5.73 Å². The molecule has 0 spiro atoms. The van der Waals surface area contributed by atoms with Crippen molar-refractivity contribution in [2.75, 3.05) is 26.0 Å². The van der Waals surface area contributed by atoms with Crippen LogP contribution in [-0.4, -0.2) is 76.4 Å². The van der Waals surface area contributed by atoms with Crippen LogP contribution in [0.2, 0.25) is 0 Å². The lowest BCUT2D eigenvalue weighted by Gasteiger charge is -2.52. The Morgan fingerprint density at radius 3 is 2.35 bits per heavy atom. The number of likely N-dealkylation sites (N-methyl/N-ethyl adjacent to an activating group) is 1.